The van der Waals surface area contributed by atoms with Crippen LogP contribution in [0.1, 0.15) is 11.4 Å². The standard InChI is InChI=1S/C11H11BrN2O.C6H7BrN2O/c1-7-5-8(2)14(13-7)10-4-3-9(12)6-11(10)15;7-4-1-2-5(9-8)6(10)3-4/h3-6,15H,1-2H3;1-3,9-10H,8H2. The highest BCUT2D eigenvalue weighted by atomic mass is 79.9. The molecule has 8 heteroatoms. The molecule has 25 heavy (non-hydrogen) atoms. The third-order valence-electron chi connectivity index (χ3n) is 3.29. The number of halogens is 2. The van der Waals surface area contributed by atoms with E-state index in [0.29, 0.717) is 11.4 Å². The maximum Gasteiger partial charge on any atom is 0.142 e. The van der Waals surface area contributed by atoms with Crippen molar-refractivity contribution in [3.05, 3.63) is 62.8 Å². The van der Waals surface area contributed by atoms with Crippen LogP contribution in [0, 0.1) is 13.8 Å². The zero-order valence-corrected chi connectivity index (χ0v) is 16.8. The van der Waals surface area contributed by atoms with Crippen LogP contribution in [0.2, 0.25) is 0 Å². The molecule has 3 aromatic rings. The minimum absolute atomic E-state index is 0.136. The summed E-state index contributed by atoms with van der Waals surface area (Å²) in [4.78, 5) is 0. The van der Waals surface area contributed by atoms with Gasteiger partial charge in [0.25, 0.3) is 0 Å². The average molecular weight is 470 g/mol. The molecule has 2 aromatic carbocycles. The molecule has 0 unspecified atom stereocenters. The number of aryl methyl sites for hydroxylation is 2. The van der Waals surface area contributed by atoms with E-state index in [9.17, 15) is 5.11 Å². The minimum Gasteiger partial charge on any atom is -0.506 e. The van der Waals surface area contributed by atoms with Crippen LogP contribution in [0.3, 0.4) is 0 Å². The number of nitrogens with zero attached hydrogens (tertiary/aromatic N) is 2. The van der Waals surface area contributed by atoms with Gasteiger partial charge < -0.3 is 15.6 Å². The van der Waals surface area contributed by atoms with Gasteiger partial charge in [0.05, 0.1) is 11.4 Å². The maximum atomic E-state index is 9.79. The second kappa shape index (κ2) is 8.37. The molecule has 0 saturated carbocycles. The van der Waals surface area contributed by atoms with Crippen molar-refractivity contribution in [3.8, 4) is 17.2 Å². The summed E-state index contributed by atoms with van der Waals surface area (Å²) in [6.45, 7) is 3.89. The van der Waals surface area contributed by atoms with Crippen molar-refractivity contribution in [2.75, 3.05) is 5.43 Å². The van der Waals surface area contributed by atoms with Crippen LogP contribution >= 0.6 is 31.9 Å². The van der Waals surface area contributed by atoms with E-state index in [4.69, 9.17) is 10.9 Å². The third-order valence-corrected chi connectivity index (χ3v) is 4.28. The summed E-state index contributed by atoms with van der Waals surface area (Å²) in [6.07, 6.45) is 0. The minimum atomic E-state index is 0.136. The number of benzene rings is 2. The number of nitrogens with one attached hydrogen (secondary N) is 1. The molecule has 0 aliphatic carbocycles. The molecule has 0 aliphatic heterocycles. The van der Waals surface area contributed by atoms with E-state index in [1.165, 1.54) is 0 Å². The van der Waals surface area contributed by atoms with Crippen LogP contribution in [-0.4, -0.2) is 20.0 Å². The van der Waals surface area contributed by atoms with Gasteiger partial charge in [0.1, 0.15) is 17.2 Å². The Morgan fingerprint density at radius 2 is 1.56 bits per heavy atom. The van der Waals surface area contributed by atoms with Gasteiger partial charge in [-0.3, -0.25) is 5.84 Å². The molecular weight excluding hydrogens is 452 g/mol. The number of aromatic nitrogens is 2. The summed E-state index contributed by atoms with van der Waals surface area (Å²) in [5.74, 6) is 5.43. The van der Waals surface area contributed by atoms with Crippen molar-refractivity contribution in [3.63, 3.8) is 0 Å². The first-order valence-electron chi connectivity index (χ1n) is 7.29. The summed E-state index contributed by atoms with van der Waals surface area (Å²) in [5, 5.41) is 23.2. The Hall–Kier alpha value is -2.03. The lowest BCUT2D eigenvalue weighted by molar-refractivity contribution is 0.469. The van der Waals surface area contributed by atoms with Crippen LogP contribution in [0.25, 0.3) is 5.69 Å². The van der Waals surface area contributed by atoms with Gasteiger partial charge in [-0.1, -0.05) is 31.9 Å². The van der Waals surface area contributed by atoms with E-state index in [2.05, 4.69) is 42.4 Å². The SMILES string of the molecule is Cc1cc(C)n(-c2ccc(Br)cc2O)n1.NNc1ccc(Br)cc1O. The smallest absolute Gasteiger partial charge is 0.142 e. The Labute approximate surface area is 162 Å². The predicted molar refractivity (Wildman–Crippen MR) is 106 cm³/mol. The van der Waals surface area contributed by atoms with E-state index in [1.54, 1.807) is 28.9 Å². The summed E-state index contributed by atoms with van der Waals surface area (Å²) in [7, 11) is 0. The molecule has 5 N–H and O–H groups in total. The number of hydrogen-bond donors (Lipinski definition) is 4. The second-order valence-corrected chi connectivity index (χ2v) is 7.11. The average Bonchev–Trinajstić information content (AvgIpc) is 2.86. The predicted octanol–water partition coefficient (Wildman–Crippen LogP) is 4.40. The molecule has 0 amide bonds. The Bertz CT molecular complexity index is 881. The van der Waals surface area contributed by atoms with Crippen LogP contribution in [-0.2, 0) is 0 Å². The van der Waals surface area contributed by atoms with E-state index >= 15 is 0 Å². The summed E-state index contributed by atoms with van der Waals surface area (Å²) >= 11 is 6.50. The fourth-order valence-electron chi connectivity index (χ4n) is 2.18. The van der Waals surface area contributed by atoms with Crippen molar-refractivity contribution in [2.45, 2.75) is 13.8 Å². The largest absolute Gasteiger partial charge is 0.506 e. The van der Waals surface area contributed by atoms with Gasteiger partial charge in [0.15, 0.2) is 0 Å². The van der Waals surface area contributed by atoms with Crippen molar-refractivity contribution in [2.24, 2.45) is 5.84 Å². The van der Waals surface area contributed by atoms with Gasteiger partial charge in [-0.25, -0.2) is 4.68 Å². The highest BCUT2D eigenvalue weighted by Crippen LogP contribution is 2.26. The molecule has 132 valence electrons. The normalized spacial score (nSPS) is 10.1. The first-order valence-corrected chi connectivity index (χ1v) is 8.87. The summed E-state index contributed by atoms with van der Waals surface area (Å²) < 4.78 is 3.41. The molecule has 0 radical (unpaired) electrons. The third kappa shape index (κ3) is 4.97. The number of hydrazine groups is 1. The zero-order valence-electron chi connectivity index (χ0n) is 13.7. The fourth-order valence-corrected chi connectivity index (χ4v) is 2.87. The molecule has 0 saturated heterocycles. The van der Waals surface area contributed by atoms with Crippen molar-refractivity contribution in [1.29, 1.82) is 0 Å². The first kappa shape index (κ1) is 19.3. The van der Waals surface area contributed by atoms with Gasteiger partial charge in [0.2, 0.25) is 0 Å². The molecule has 1 aromatic heterocycles. The highest BCUT2D eigenvalue weighted by Gasteiger charge is 2.08. The van der Waals surface area contributed by atoms with Gasteiger partial charge in [-0.05, 0) is 56.3 Å². The molecule has 3 rings (SSSR count). The number of anilines is 1. The number of rotatable bonds is 2. The molecular formula is C17H18Br2N4O2. The Kier molecular flexibility index (Phi) is 6.46. The molecule has 0 fully saturated rings. The first-order chi connectivity index (χ1) is 11.8. The lowest BCUT2D eigenvalue weighted by Gasteiger charge is -2.06. The van der Waals surface area contributed by atoms with Crippen LogP contribution in [0.15, 0.2) is 51.4 Å². The van der Waals surface area contributed by atoms with Crippen LogP contribution < -0.4 is 11.3 Å². The van der Waals surface area contributed by atoms with Gasteiger partial charge in [-0.2, -0.15) is 5.10 Å². The number of nitrogen functional groups attached to an aromatic ring is 1. The van der Waals surface area contributed by atoms with E-state index in [-0.39, 0.29) is 11.5 Å². The van der Waals surface area contributed by atoms with Crippen molar-refractivity contribution >= 4 is 37.5 Å². The monoisotopic (exact) mass is 468 g/mol. The highest BCUT2D eigenvalue weighted by molar-refractivity contribution is 9.10. The van der Waals surface area contributed by atoms with Gasteiger partial charge in [-0.15, -0.1) is 0 Å². The molecule has 6 nitrogen and oxygen atoms in total. The number of phenols is 2. The molecule has 0 aliphatic rings. The molecule has 0 spiro atoms. The van der Waals surface area contributed by atoms with Crippen molar-refractivity contribution < 1.29 is 10.2 Å². The summed E-state index contributed by atoms with van der Waals surface area (Å²) in [5.41, 5.74) is 5.51. The van der Waals surface area contributed by atoms with E-state index < -0.39 is 0 Å². The van der Waals surface area contributed by atoms with Crippen molar-refractivity contribution in [1.82, 2.24) is 9.78 Å². The maximum absolute atomic E-state index is 9.79. The Morgan fingerprint density at radius 1 is 0.960 bits per heavy atom. The molecule has 1 heterocycles. The number of aromatic hydroxyl groups is 2. The topological polar surface area (TPSA) is 96.3 Å². The van der Waals surface area contributed by atoms with Crippen LogP contribution in [0.5, 0.6) is 11.5 Å². The number of nitrogens with two attached hydrogens (primary N) is 1. The number of phenolic OH excluding ortho intramolecular Hbond substituents is 2. The Morgan fingerprint density at radius 3 is 2.04 bits per heavy atom. The quantitative estimate of drug-likeness (QED) is 0.253. The van der Waals surface area contributed by atoms with Crippen LogP contribution in [0.4, 0.5) is 5.69 Å². The molecule has 0 atom stereocenters. The van der Waals surface area contributed by atoms with Gasteiger partial charge in [0, 0.05) is 14.6 Å². The molecule has 0 bridgehead atoms. The second-order valence-electron chi connectivity index (χ2n) is 5.28. The fraction of sp³-hybridized carbons (Fsp3) is 0.118. The number of hydrogen-bond acceptors (Lipinski definition) is 5. The summed E-state index contributed by atoms with van der Waals surface area (Å²) in [6, 6.07) is 12.4. The van der Waals surface area contributed by atoms with E-state index in [1.807, 2.05) is 32.0 Å². The van der Waals surface area contributed by atoms with E-state index in [0.717, 1.165) is 20.3 Å². The lowest BCUT2D eigenvalue weighted by atomic mass is 10.3. The zero-order chi connectivity index (χ0) is 18.6. The Balaban J connectivity index is 0.000000196. The van der Waals surface area contributed by atoms with Gasteiger partial charge >= 0.3 is 0 Å². The lowest BCUT2D eigenvalue weighted by Crippen LogP contribution is -2.06.